The van der Waals surface area contributed by atoms with E-state index in [1.165, 1.54) is 0 Å². The van der Waals surface area contributed by atoms with Gasteiger partial charge in [-0.1, -0.05) is 50.1 Å². The van der Waals surface area contributed by atoms with Crippen molar-refractivity contribution in [1.82, 2.24) is 5.32 Å². The van der Waals surface area contributed by atoms with Gasteiger partial charge in [-0.05, 0) is 42.7 Å². The maximum Gasteiger partial charge on any atom is 0.416 e. The monoisotopic (exact) mass is 403 g/mol. The summed E-state index contributed by atoms with van der Waals surface area (Å²) < 4.78 is 79.1. The van der Waals surface area contributed by atoms with Gasteiger partial charge in [0.25, 0.3) is 0 Å². The van der Waals surface area contributed by atoms with Crippen LogP contribution in [0.15, 0.2) is 48.5 Å². The van der Waals surface area contributed by atoms with E-state index in [1.54, 1.807) is 0 Å². The number of hydrogen-bond donors (Lipinski definition) is 1. The third-order valence-electron chi connectivity index (χ3n) is 4.61. The van der Waals surface area contributed by atoms with Gasteiger partial charge in [-0.15, -0.1) is 0 Å². The van der Waals surface area contributed by atoms with Crippen molar-refractivity contribution in [2.75, 3.05) is 0 Å². The van der Waals surface area contributed by atoms with Crippen LogP contribution < -0.4 is 5.32 Å². The maximum atomic E-state index is 13.2. The summed E-state index contributed by atoms with van der Waals surface area (Å²) >= 11 is 0. The number of nitrogens with one attached hydrogen (secondary N) is 1. The van der Waals surface area contributed by atoms with Crippen molar-refractivity contribution in [3.63, 3.8) is 0 Å². The lowest BCUT2D eigenvalue weighted by molar-refractivity contribution is -0.143. The fraction of sp³-hybridized carbons (Fsp3) is 0.429. The third-order valence-corrected chi connectivity index (χ3v) is 4.61. The minimum Gasteiger partial charge on any atom is -0.303 e. The molecule has 1 nitrogen and oxygen atoms in total. The first kappa shape index (κ1) is 22.3. The largest absolute Gasteiger partial charge is 0.416 e. The van der Waals surface area contributed by atoms with E-state index in [1.807, 2.05) is 44.2 Å². The summed E-state index contributed by atoms with van der Waals surface area (Å²) in [7, 11) is 0. The predicted octanol–water partition coefficient (Wildman–Crippen LogP) is 7.31. The Morgan fingerprint density at radius 3 is 1.82 bits per heavy atom. The zero-order chi connectivity index (χ0) is 20.9. The molecule has 2 aromatic carbocycles. The third kappa shape index (κ3) is 5.99. The predicted molar refractivity (Wildman–Crippen MR) is 96.7 cm³/mol. The van der Waals surface area contributed by atoms with Gasteiger partial charge in [-0.25, -0.2) is 0 Å². The van der Waals surface area contributed by atoms with E-state index in [0.717, 1.165) is 24.1 Å². The molecule has 0 bridgehead atoms. The van der Waals surface area contributed by atoms with Gasteiger partial charge in [0.2, 0.25) is 0 Å². The Morgan fingerprint density at radius 2 is 1.36 bits per heavy atom. The molecule has 0 aliphatic rings. The zero-order valence-corrected chi connectivity index (χ0v) is 15.7. The average Bonchev–Trinajstić information content (AvgIpc) is 2.64. The lowest BCUT2D eigenvalue weighted by Gasteiger charge is -2.26. The minimum absolute atomic E-state index is 0.00150. The Bertz CT molecular complexity index is 719. The molecule has 0 saturated heterocycles. The van der Waals surface area contributed by atoms with Crippen LogP contribution in [0.1, 0.15) is 67.4 Å². The Hall–Kier alpha value is -2.02. The van der Waals surface area contributed by atoms with Gasteiger partial charge in [0.05, 0.1) is 11.1 Å². The molecule has 2 aromatic rings. The molecule has 0 aliphatic heterocycles. The second kappa shape index (κ2) is 8.99. The second-order valence-corrected chi connectivity index (χ2v) is 6.83. The summed E-state index contributed by atoms with van der Waals surface area (Å²) in [4.78, 5) is 0. The van der Waals surface area contributed by atoms with Gasteiger partial charge < -0.3 is 5.32 Å². The number of hydrogen-bond acceptors (Lipinski definition) is 1. The van der Waals surface area contributed by atoms with Gasteiger partial charge >= 0.3 is 12.4 Å². The standard InChI is InChI=1S/C21H23F6N/c1-3-4-10-19(28-14(2)15-8-6-5-7-9-15)16-11-17(20(22,23)24)13-18(12-16)21(25,26)27/h5-9,11-14,19,28H,3-4,10H2,1-2H3. The molecule has 0 heterocycles. The zero-order valence-electron chi connectivity index (χ0n) is 15.7. The lowest BCUT2D eigenvalue weighted by Crippen LogP contribution is -2.26. The summed E-state index contributed by atoms with van der Waals surface area (Å²) in [5.74, 6) is 0. The van der Waals surface area contributed by atoms with E-state index in [-0.39, 0.29) is 17.7 Å². The molecular weight excluding hydrogens is 380 g/mol. The number of alkyl halides is 6. The van der Waals surface area contributed by atoms with Crippen LogP contribution >= 0.6 is 0 Å². The highest BCUT2D eigenvalue weighted by Crippen LogP contribution is 2.38. The van der Waals surface area contributed by atoms with E-state index in [9.17, 15) is 26.3 Å². The van der Waals surface area contributed by atoms with Crippen molar-refractivity contribution >= 4 is 0 Å². The van der Waals surface area contributed by atoms with Crippen molar-refractivity contribution in [1.29, 1.82) is 0 Å². The van der Waals surface area contributed by atoms with Gasteiger partial charge in [-0.3, -0.25) is 0 Å². The molecule has 2 atom stereocenters. The van der Waals surface area contributed by atoms with Crippen LogP contribution in [0.2, 0.25) is 0 Å². The molecule has 28 heavy (non-hydrogen) atoms. The molecule has 0 fully saturated rings. The van der Waals surface area contributed by atoms with Crippen LogP contribution in [-0.4, -0.2) is 0 Å². The first-order valence-corrected chi connectivity index (χ1v) is 9.12. The molecule has 1 N–H and O–H groups in total. The Kier molecular flexibility index (Phi) is 7.15. The van der Waals surface area contributed by atoms with Crippen LogP contribution in [0.25, 0.3) is 0 Å². The average molecular weight is 403 g/mol. The van der Waals surface area contributed by atoms with Crippen molar-refractivity contribution in [3.8, 4) is 0 Å². The summed E-state index contributed by atoms with van der Waals surface area (Å²) in [5.41, 5.74) is -1.66. The van der Waals surface area contributed by atoms with E-state index < -0.39 is 29.5 Å². The van der Waals surface area contributed by atoms with Crippen LogP contribution in [0.5, 0.6) is 0 Å². The van der Waals surface area contributed by atoms with Crippen LogP contribution in [-0.2, 0) is 12.4 Å². The molecule has 0 saturated carbocycles. The van der Waals surface area contributed by atoms with E-state index in [2.05, 4.69) is 5.32 Å². The summed E-state index contributed by atoms with van der Waals surface area (Å²) in [5, 5.41) is 3.21. The Labute approximate surface area is 160 Å². The SMILES string of the molecule is CCCCC(NC(C)c1ccccc1)c1cc(C(F)(F)F)cc(C(F)(F)F)c1. The van der Waals surface area contributed by atoms with E-state index in [0.29, 0.717) is 12.8 Å². The van der Waals surface area contributed by atoms with Crippen molar-refractivity contribution < 1.29 is 26.3 Å². The lowest BCUT2D eigenvalue weighted by atomic mass is 9.95. The van der Waals surface area contributed by atoms with Gasteiger partial charge in [0.1, 0.15) is 0 Å². The van der Waals surface area contributed by atoms with E-state index in [4.69, 9.17) is 0 Å². The smallest absolute Gasteiger partial charge is 0.303 e. The normalized spacial score (nSPS) is 14.7. The summed E-state index contributed by atoms with van der Waals surface area (Å²) in [6, 6.07) is 10.2. The fourth-order valence-corrected chi connectivity index (χ4v) is 3.07. The first-order valence-electron chi connectivity index (χ1n) is 9.12. The van der Waals surface area contributed by atoms with Gasteiger partial charge in [0.15, 0.2) is 0 Å². The fourth-order valence-electron chi connectivity index (χ4n) is 3.07. The quantitative estimate of drug-likeness (QED) is 0.478. The van der Waals surface area contributed by atoms with Gasteiger partial charge in [0, 0.05) is 12.1 Å². The van der Waals surface area contributed by atoms with Crippen molar-refractivity contribution in [2.45, 2.75) is 57.5 Å². The van der Waals surface area contributed by atoms with Crippen LogP contribution in [0.3, 0.4) is 0 Å². The highest BCUT2D eigenvalue weighted by Gasteiger charge is 2.37. The molecule has 154 valence electrons. The number of benzene rings is 2. The van der Waals surface area contributed by atoms with Crippen molar-refractivity contribution in [2.24, 2.45) is 0 Å². The molecule has 0 aromatic heterocycles. The van der Waals surface area contributed by atoms with Crippen LogP contribution in [0.4, 0.5) is 26.3 Å². The molecule has 0 amide bonds. The molecule has 0 spiro atoms. The highest BCUT2D eigenvalue weighted by molar-refractivity contribution is 5.35. The number of rotatable bonds is 7. The molecule has 0 radical (unpaired) electrons. The molecular formula is C21H23F6N. The second-order valence-electron chi connectivity index (χ2n) is 6.83. The van der Waals surface area contributed by atoms with E-state index >= 15 is 0 Å². The highest BCUT2D eigenvalue weighted by atomic mass is 19.4. The molecule has 2 unspecified atom stereocenters. The number of unbranched alkanes of at least 4 members (excludes halogenated alkanes) is 1. The number of halogens is 6. The molecule has 7 heteroatoms. The maximum absolute atomic E-state index is 13.2. The summed E-state index contributed by atoms with van der Waals surface area (Å²) in [6.45, 7) is 3.76. The molecule has 0 aliphatic carbocycles. The molecule has 2 rings (SSSR count). The summed E-state index contributed by atoms with van der Waals surface area (Å²) in [6.07, 6.45) is -7.81. The first-order chi connectivity index (χ1) is 13.0. The Balaban J connectivity index is 2.44. The van der Waals surface area contributed by atoms with Crippen molar-refractivity contribution in [3.05, 3.63) is 70.8 Å². The minimum atomic E-state index is -4.85. The van der Waals surface area contributed by atoms with Crippen LogP contribution in [0, 0.1) is 0 Å². The Morgan fingerprint density at radius 1 is 0.821 bits per heavy atom. The van der Waals surface area contributed by atoms with Gasteiger partial charge in [-0.2, -0.15) is 26.3 Å². The topological polar surface area (TPSA) is 12.0 Å².